The molecule has 1 fully saturated rings. The lowest BCUT2D eigenvalue weighted by Gasteiger charge is -2.35. The van der Waals surface area contributed by atoms with Crippen molar-refractivity contribution in [2.24, 2.45) is 0 Å². The van der Waals surface area contributed by atoms with Gasteiger partial charge in [0, 0.05) is 37.7 Å². The summed E-state index contributed by atoms with van der Waals surface area (Å²) in [7, 11) is -4.07. The summed E-state index contributed by atoms with van der Waals surface area (Å²) in [5, 5.41) is 3.21. The Morgan fingerprint density at radius 2 is 1.96 bits per heavy atom. The van der Waals surface area contributed by atoms with Crippen molar-refractivity contribution in [1.29, 1.82) is 0 Å². The standard InChI is InChI=1S/C14H19ClF3N3O2S/c1-10-2-3-11(8-12(10)15)24(22,23)20-9-13(14(16,17)18)21-6-4-19-5-7-21/h2-3,8,13,19-20H,4-7,9H2,1H3. The van der Waals surface area contributed by atoms with Crippen LogP contribution in [-0.4, -0.2) is 58.3 Å². The lowest BCUT2D eigenvalue weighted by molar-refractivity contribution is -0.182. The summed E-state index contributed by atoms with van der Waals surface area (Å²) < 4.78 is 66.4. The number of hydrogen-bond donors (Lipinski definition) is 2. The summed E-state index contributed by atoms with van der Waals surface area (Å²) in [5.41, 5.74) is 0.685. The molecule has 1 aromatic carbocycles. The van der Waals surface area contributed by atoms with Crippen molar-refractivity contribution < 1.29 is 21.6 Å². The van der Waals surface area contributed by atoms with Crippen LogP contribution < -0.4 is 10.0 Å². The van der Waals surface area contributed by atoms with E-state index < -0.39 is 28.8 Å². The number of rotatable bonds is 5. The molecule has 1 unspecified atom stereocenters. The summed E-state index contributed by atoms with van der Waals surface area (Å²) in [6, 6.07) is 2.19. The third kappa shape index (κ3) is 4.82. The molecule has 1 atom stereocenters. The molecular weight excluding hydrogens is 367 g/mol. The van der Waals surface area contributed by atoms with E-state index in [4.69, 9.17) is 11.6 Å². The minimum atomic E-state index is -4.52. The highest BCUT2D eigenvalue weighted by Crippen LogP contribution is 2.26. The predicted octanol–water partition coefficient (Wildman–Crippen LogP) is 1.76. The van der Waals surface area contributed by atoms with Gasteiger partial charge in [-0.25, -0.2) is 13.1 Å². The molecule has 1 aliphatic heterocycles. The van der Waals surface area contributed by atoms with Gasteiger partial charge in [0.15, 0.2) is 0 Å². The van der Waals surface area contributed by atoms with E-state index in [0.29, 0.717) is 18.7 Å². The van der Waals surface area contributed by atoms with Crippen LogP contribution in [0.4, 0.5) is 13.2 Å². The second kappa shape index (κ2) is 7.57. The summed E-state index contributed by atoms with van der Waals surface area (Å²) in [6.07, 6.45) is -4.52. The molecule has 136 valence electrons. The maximum atomic E-state index is 13.3. The Balaban J connectivity index is 2.13. The van der Waals surface area contributed by atoms with Gasteiger partial charge < -0.3 is 5.32 Å². The van der Waals surface area contributed by atoms with Gasteiger partial charge in [-0.1, -0.05) is 17.7 Å². The van der Waals surface area contributed by atoms with Gasteiger partial charge in [-0.05, 0) is 24.6 Å². The Kier molecular flexibility index (Phi) is 6.14. The van der Waals surface area contributed by atoms with E-state index >= 15 is 0 Å². The summed E-state index contributed by atoms with van der Waals surface area (Å²) in [6.45, 7) is 2.26. The predicted molar refractivity (Wildman–Crippen MR) is 85.7 cm³/mol. The third-order valence-electron chi connectivity index (χ3n) is 3.89. The molecule has 24 heavy (non-hydrogen) atoms. The van der Waals surface area contributed by atoms with Crippen molar-refractivity contribution in [1.82, 2.24) is 14.9 Å². The first kappa shape index (κ1) is 19.5. The van der Waals surface area contributed by atoms with E-state index in [1.54, 1.807) is 6.92 Å². The minimum absolute atomic E-state index is 0.153. The lowest BCUT2D eigenvalue weighted by Crippen LogP contribution is -2.57. The van der Waals surface area contributed by atoms with Gasteiger partial charge in [-0.3, -0.25) is 4.90 Å². The number of benzene rings is 1. The summed E-state index contributed by atoms with van der Waals surface area (Å²) in [4.78, 5) is 1.08. The smallest absolute Gasteiger partial charge is 0.314 e. The van der Waals surface area contributed by atoms with Crippen LogP contribution in [0.2, 0.25) is 5.02 Å². The van der Waals surface area contributed by atoms with Crippen LogP contribution >= 0.6 is 11.6 Å². The first-order valence-electron chi connectivity index (χ1n) is 7.38. The van der Waals surface area contributed by atoms with Crippen LogP contribution in [0.25, 0.3) is 0 Å². The van der Waals surface area contributed by atoms with Crippen molar-refractivity contribution >= 4 is 21.6 Å². The number of halogens is 4. The first-order valence-corrected chi connectivity index (χ1v) is 9.24. The number of nitrogens with one attached hydrogen (secondary N) is 2. The Bertz CT molecular complexity index is 676. The molecule has 0 aliphatic carbocycles. The second-order valence-electron chi connectivity index (χ2n) is 5.61. The van der Waals surface area contributed by atoms with Crippen LogP contribution in [0.5, 0.6) is 0 Å². The van der Waals surface area contributed by atoms with E-state index in [1.165, 1.54) is 23.1 Å². The maximum absolute atomic E-state index is 13.3. The number of aryl methyl sites for hydroxylation is 1. The van der Waals surface area contributed by atoms with E-state index in [2.05, 4.69) is 10.0 Å². The molecule has 2 N–H and O–H groups in total. The molecule has 10 heteroatoms. The van der Waals surface area contributed by atoms with Crippen LogP contribution in [0.1, 0.15) is 5.56 Å². The quantitative estimate of drug-likeness (QED) is 0.811. The van der Waals surface area contributed by atoms with Gasteiger partial charge in [0.25, 0.3) is 0 Å². The van der Waals surface area contributed by atoms with Crippen molar-refractivity contribution in [3.8, 4) is 0 Å². The fraction of sp³-hybridized carbons (Fsp3) is 0.571. The second-order valence-corrected chi connectivity index (χ2v) is 7.78. The molecule has 0 radical (unpaired) electrons. The molecule has 1 aliphatic rings. The van der Waals surface area contributed by atoms with Crippen molar-refractivity contribution in [3.63, 3.8) is 0 Å². The number of piperazine rings is 1. The first-order chi connectivity index (χ1) is 11.1. The van der Waals surface area contributed by atoms with Gasteiger partial charge in [-0.15, -0.1) is 0 Å². The Morgan fingerprint density at radius 3 is 2.50 bits per heavy atom. The topological polar surface area (TPSA) is 61.4 Å². The average molecular weight is 386 g/mol. The number of hydrogen-bond acceptors (Lipinski definition) is 4. The van der Waals surface area contributed by atoms with E-state index in [0.717, 1.165) is 0 Å². The Morgan fingerprint density at radius 1 is 1.33 bits per heavy atom. The van der Waals surface area contributed by atoms with Crippen LogP contribution in [0, 0.1) is 6.92 Å². The van der Waals surface area contributed by atoms with E-state index in [1.807, 2.05) is 0 Å². The molecule has 1 heterocycles. The number of sulfonamides is 1. The molecular formula is C14H19ClF3N3O2S. The molecule has 5 nitrogen and oxygen atoms in total. The van der Waals surface area contributed by atoms with Gasteiger partial charge in [0.05, 0.1) is 4.90 Å². The van der Waals surface area contributed by atoms with Crippen molar-refractivity contribution in [2.45, 2.75) is 24.0 Å². The zero-order valence-electron chi connectivity index (χ0n) is 13.0. The molecule has 0 spiro atoms. The fourth-order valence-electron chi connectivity index (χ4n) is 2.46. The average Bonchev–Trinajstić information content (AvgIpc) is 2.49. The van der Waals surface area contributed by atoms with Crippen molar-refractivity contribution in [2.75, 3.05) is 32.7 Å². The summed E-state index contributed by atoms with van der Waals surface area (Å²) in [5.74, 6) is 0. The largest absolute Gasteiger partial charge is 0.405 e. The molecule has 0 aromatic heterocycles. The molecule has 2 rings (SSSR count). The molecule has 1 aromatic rings. The molecule has 0 saturated carbocycles. The monoisotopic (exact) mass is 385 g/mol. The molecule has 1 saturated heterocycles. The van der Waals surface area contributed by atoms with Crippen molar-refractivity contribution in [3.05, 3.63) is 28.8 Å². The Hall–Kier alpha value is -0.870. The Labute approximate surface area is 144 Å². The number of nitrogens with zero attached hydrogens (tertiary/aromatic N) is 1. The van der Waals surface area contributed by atoms with Crippen LogP contribution in [0.3, 0.4) is 0 Å². The fourth-order valence-corrected chi connectivity index (χ4v) is 3.77. The minimum Gasteiger partial charge on any atom is -0.314 e. The van der Waals surface area contributed by atoms with Gasteiger partial charge in [-0.2, -0.15) is 13.2 Å². The van der Waals surface area contributed by atoms with Crippen LogP contribution in [0.15, 0.2) is 23.1 Å². The van der Waals surface area contributed by atoms with E-state index in [-0.39, 0.29) is 23.0 Å². The highest BCUT2D eigenvalue weighted by atomic mass is 35.5. The van der Waals surface area contributed by atoms with E-state index in [9.17, 15) is 21.6 Å². The van der Waals surface area contributed by atoms with Gasteiger partial charge in [0.2, 0.25) is 10.0 Å². The normalized spacial score (nSPS) is 18.5. The molecule has 0 amide bonds. The highest BCUT2D eigenvalue weighted by Gasteiger charge is 2.44. The highest BCUT2D eigenvalue weighted by molar-refractivity contribution is 7.89. The third-order valence-corrected chi connectivity index (χ3v) is 5.72. The van der Waals surface area contributed by atoms with Gasteiger partial charge in [0.1, 0.15) is 6.04 Å². The lowest BCUT2D eigenvalue weighted by atomic mass is 10.2. The van der Waals surface area contributed by atoms with Crippen LogP contribution in [-0.2, 0) is 10.0 Å². The SMILES string of the molecule is Cc1ccc(S(=O)(=O)NCC(N2CCNCC2)C(F)(F)F)cc1Cl. The maximum Gasteiger partial charge on any atom is 0.405 e. The zero-order valence-corrected chi connectivity index (χ0v) is 14.6. The zero-order chi connectivity index (χ0) is 18.0. The van der Waals surface area contributed by atoms with Gasteiger partial charge >= 0.3 is 6.18 Å². The summed E-state index contributed by atoms with van der Waals surface area (Å²) >= 11 is 5.89. The number of alkyl halides is 3. The molecule has 0 bridgehead atoms.